The lowest BCUT2D eigenvalue weighted by atomic mass is 9.88. The molecule has 0 radical (unpaired) electrons. The molecular formula is C26H14F6N2O6S2. The van der Waals surface area contributed by atoms with Crippen LogP contribution < -0.4 is 0 Å². The van der Waals surface area contributed by atoms with Gasteiger partial charge in [0.05, 0.1) is 22.9 Å². The summed E-state index contributed by atoms with van der Waals surface area (Å²) in [6.07, 6.45) is -1.67. The maximum atomic E-state index is 14.4. The maximum Gasteiger partial charge on any atom is 0.213 e. The van der Waals surface area contributed by atoms with Crippen LogP contribution in [0.3, 0.4) is 0 Å². The van der Waals surface area contributed by atoms with E-state index in [1.807, 2.05) is 0 Å². The molecule has 1 heterocycles. The number of rotatable bonds is 6. The molecule has 1 aliphatic carbocycles. The highest BCUT2D eigenvalue weighted by Crippen LogP contribution is 2.35. The van der Waals surface area contributed by atoms with E-state index in [1.54, 1.807) is 0 Å². The molecule has 16 heteroatoms. The molecule has 0 aliphatic heterocycles. The van der Waals surface area contributed by atoms with Gasteiger partial charge in [-0.2, -0.15) is 0 Å². The number of carbonyl (C=O) groups is 1. The van der Waals surface area contributed by atoms with Crippen LogP contribution in [-0.2, 0) is 31.2 Å². The number of hydrogen-bond donors (Lipinski definition) is 1. The molecule has 8 nitrogen and oxygen atoms in total. The van der Waals surface area contributed by atoms with Crippen molar-refractivity contribution in [3.63, 3.8) is 0 Å². The summed E-state index contributed by atoms with van der Waals surface area (Å²) in [4.78, 5) is 18.4. The standard InChI is InChI=1S/C26H14F6N2O6S2/c27-13-5-7-17(21(31)19(13)29)41(37,38)9-15-16(10-42(39,40)18-8-6-14(28)20(30)22(18)32)34-24-23(33-15)25(35)11-3-1-2-4-12(11)26(24)36/h1-8,25,35H,9-10H2. The lowest BCUT2D eigenvalue weighted by molar-refractivity contribution is 0.101. The summed E-state index contributed by atoms with van der Waals surface area (Å²) in [5.41, 5.74) is -2.71. The third-order valence-corrected chi connectivity index (χ3v) is 9.65. The van der Waals surface area contributed by atoms with Crippen LogP contribution in [-0.4, -0.2) is 37.7 Å². The Morgan fingerprint density at radius 1 is 0.667 bits per heavy atom. The zero-order chi connectivity index (χ0) is 30.7. The molecule has 1 unspecified atom stereocenters. The number of benzene rings is 3. The van der Waals surface area contributed by atoms with Crippen molar-refractivity contribution in [1.29, 1.82) is 0 Å². The van der Waals surface area contributed by atoms with Crippen LogP contribution in [0.15, 0.2) is 58.3 Å². The Hall–Kier alpha value is -4.15. The molecule has 0 fully saturated rings. The Bertz CT molecular complexity index is 2040. The molecule has 0 saturated heterocycles. The zero-order valence-corrected chi connectivity index (χ0v) is 22.2. The second-order valence-electron chi connectivity index (χ2n) is 9.03. The first-order chi connectivity index (χ1) is 19.6. The van der Waals surface area contributed by atoms with Gasteiger partial charge in [0.15, 0.2) is 54.6 Å². The highest BCUT2D eigenvalue weighted by Gasteiger charge is 2.36. The molecule has 3 aromatic carbocycles. The van der Waals surface area contributed by atoms with E-state index in [4.69, 9.17) is 0 Å². The number of halogens is 6. The van der Waals surface area contributed by atoms with Crippen molar-refractivity contribution in [2.45, 2.75) is 27.4 Å². The quantitative estimate of drug-likeness (QED) is 0.193. The third kappa shape index (κ3) is 4.84. The predicted molar refractivity (Wildman–Crippen MR) is 130 cm³/mol. The van der Waals surface area contributed by atoms with Crippen molar-refractivity contribution in [2.75, 3.05) is 0 Å². The van der Waals surface area contributed by atoms with E-state index in [0.717, 1.165) is 0 Å². The highest BCUT2D eigenvalue weighted by molar-refractivity contribution is 7.91. The summed E-state index contributed by atoms with van der Waals surface area (Å²) < 4.78 is 136. The van der Waals surface area contributed by atoms with Gasteiger partial charge in [-0.25, -0.2) is 53.1 Å². The van der Waals surface area contributed by atoms with E-state index in [2.05, 4.69) is 9.97 Å². The van der Waals surface area contributed by atoms with Crippen molar-refractivity contribution in [3.05, 3.63) is 117 Å². The molecule has 1 atom stereocenters. The second-order valence-corrected chi connectivity index (χ2v) is 13.0. The minimum absolute atomic E-state index is 0.0449. The van der Waals surface area contributed by atoms with Gasteiger partial charge in [0, 0.05) is 5.56 Å². The molecule has 1 aliphatic rings. The molecule has 0 saturated carbocycles. The van der Waals surface area contributed by atoms with E-state index in [0.29, 0.717) is 24.3 Å². The van der Waals surface area contributed by atoms with Crippen LogP contribution in [0.25, 0.3) is 0 Å². The minimum atomic E-state index is -5.00. The Morgan fingerprint density at radius 3 is 1.67 bits per heavy atom. The van der Waals surface area contributed by atoms with Gasteiger partial charge < -0.3 is 5.11 Å². The van der Waals surface area contributed by atoms with Crippen molar-refractivity contribution in [2.24, 2.45) is 0 Å². The molecule has 5 rings (SSSR count). The molecule has 4 aromatic rings. The Labute approximate surface area is 233 Å². The fourth-order valence-electron chi connectivity index (χ4n) is 4.34. The fraction of sp³-hybridized carbons (Fsp3) is 0.115. The topological polar surface area (TPSA) is 131 Å². The average Bonchev–Trinajstić information content (AvgIpc) is 2.93. The molecule has 42 heavy (non-hydrogen) atoms. The lowest BCUT2D eigenvalue weighted by Crippen LogP contribution is -2.26. The number of aliphatic hydroxyl groups excluding tert-OH is 1. The molecule has 0 bridgehead atoms. The van der Waals surface area contributed by atoms with Crippen LogP contribution >= 0.6 is 0 Å². The number of carbonyl (C=O) groups excluding carboxylic acids is 1. The van der Waals surface area contributed by atoms with E-state index < -0.39 is 111 Å². The summed E-state index contributed by atoms with van der Waals surface area (Å²) >= 11 is 0. The van der Waals surface area contributed by atoms with Crippen LogP contribution in [0.4, 0.5) is 26.3 Å². The first kappa shape index (κ1) is 29.3. The van der Waals surface area contributed by atoms with Crippen molar-refractivity contribution in [3.8, 4) is 0 Å². The smallest absolute Gasteiger partial charge is 0.213 e. The van der Waals surface area contributed by atoms with E-state index in [9.17, 15) is 53.1 Å². The van der Waals surface area contributed by atoms with Crippen LogP contribution in [0.1, 0.15) is 44.8 Å². The van der Waals surface area contributed by atoms with Crippen molar-refractivity contribution < 1.29 is 53.1 Å². The van der Waals surface area contributed by atoms with Gasteiger partial charge in [0.1, 0.15) is 27.3 Å². The van der Waals surface area contributed by atoms with Crippen molar-refractivity contribution >= 4 is 25.5 Å². The van der Waals surface area contributed by atoms with Crippen molar-refractivity contribution in [1.82, 2.24) is 9.97 Å². The summed E-state index contributed by atoms with van der Waals surface area (Å²) in [5, 5.41) is 10.9. The highest BCUT2D eigenvalue weighted by atomic mass is 32.2. The predicted octanol–water partition coefficient (Wildman–Crippen LogP) is 3.89. The van der Waals surface area contributed by atoms with Crippen LogP contribution in [0.2, 0.25) is 0 Å². The van der Waals surface area contributed by atoms with Gasteiger partial charge in [-0.1, -0.05) is 24.3 Å². The SMILES string of the molecule is O=C1c2ccccc2C(O)c2nc(CS(=O)(=O)c3ccc(F)c(F)c3F)c(CS(=O)(=O)c3ccc(F)c(F)c3F)nc21. The van der Waals surface area contributed by atoms with Gasteiger partial charge in [0.2, 0.25) is 5.78 Å². The van der Waals surface area contributed by atoms with Gasteiger partial charge >= 0.3 is 0 Å². The molecular weight excluding hydrogens is 614 g/mol. The number of hydrogen-bond acceptors (Lipinski definition) is 8. The zero-order valence-electron chi connectivity index (χ0n) is 20.6. The number of aromatic nitrogens is 2. The van der Waals surface area contributed by atoms with Gasteiger partial charge in [-0.3, -0.25) is 4.79 Å². The first-order valence-corrected chi connectivity index (χ1v) is 14.9. The molecule has 0 spiro atoms. The number of fused-ring (bicyclic) bond motifs is 2. The largest absolute Gasteiger partial charge is 0.382 e. The maximum absolute atomic E-state index is 14.4. The average molecular weight is 629 g/mol. The first-order valence-electron chi connectivity index (χ1n) is 11.6. The number of nitrogens with zero attached hydrogens (tertiary/aromatic N) is 2. The summed E-state index contributed by atoms with van der Waals surface area (Å²) in [7, 11) is -9.99. The second kappa shape index (κ2) is 10.3. The van der Waals surface area contributed by atoms with Gasteiger partial charge in [0.25, 0.3) is 0 Å². The number of aliphatic hydroxyl groups is 1. The lowest BCUT2D eigenvalue weighted by Gasteiger charge is -2.23. The Balaban J connectivity index is 1.69. The molecule has 0 amide bonds. The van der Waals surface area contributed by atoms with E-state index >= 15 is 0 Å². The minimum Gasteiger partial charge on any atom is -0.382 e. The summed E-state index contributed by atoms with van der Waals surface area (Å²) in [5.74, 6) is -15.5. The summed E-state index contributed by atoms with van der Waals surface area (Å²) in [6, 6.07) is 7.10. The normalized spacial score (nSPS) is 14.9. The number of sulfone groups is 2. The molecule has 218 valence electrons. The van der Waals surface area contributed by atoms with Crippen LogP contribution in [0.5, 0.6) is 0 Å². The van der Waals surface area contributed by atoms with E-state index in [1.165, 1.54) is 24.3 Å². The Kier molecular flexibility index (Phi) is 7.19. The molecule has 1 aromatic heterocycles. The van der Waals surface area contributed by atoms with E-state index in [-0.39, 0.29) is 11.1 Å². The third-order valence-electron chi connectivity index (χ3n) is 6.38. The van der Waals surface area contributed by atoms with Gasteiger partial charge in [-0.05, 0) is 29.8 Å². The van der Waals surface area contributed by atoms with Crippen LogP contribution in [0, 0.1) is 34.9 Å². The number of ketones is 1. The molecule has 1 N–H and O–H groups in total. The Morgan fingerprint density at radius 2 is 1.14 bits per heavy atom. The summed E-state index contributed by atoms with van der Waals surface area (Å²) in [6.45, 7) is 0. The van der Waals surface area contributed by atoms with Gasteiger partial charge in [-0.15, -0.1) is 0 Å². The monoisotopic (exact) mass is 628 g/mol. The fourth-order valence-corrected chi connectivity index (χ4v) is 7.11.